The molecule has 0 radical (unpaired) electrons. The molecule has 0 fully saturated rings. The van der Waals surface area contributed by atoms with Gasteiger partial charge in [0.05, 0.1) is 5.56 Å². The second-order valence-electron chi connectivity index (χ2n) is 5.41. The standard InChI is InChI=1S/C16H17N3O/c1-16(2,18)9-12-3-6-14(7-4-12)20-15-8-5-13(10-17)11-19-15/h3-8,11H,9,18H2,1-2H3. The molecule has 0 saturated heterocycles. The predicted octanol–water partition coefficient (Wildman–Crippen LogP) is 3.03. The number of hydrogen-bond donors (Lipinski definition) is 1. The van der Waals surface area contributed by atoms with Gasteiger partial charge in [-0.1, -0.05) is 12.1 Å². The Morgan fingerprint density at radius 3 is 2.40 bits per heavy atom. The third-order valence-corrected chi connectivity index (χ3v) is 2.67. The lowest BCUT2D eigenvalue weighted by Gasteiger charge is -2.18. The van der Waals surface area contributed by atoms with Crippen LogP contribution in [0.5, 0.6) is 11.6 Å². The van der Waals surface area contributed by atoms with E-state index < -0.39 is 0 Å². The molecular formula is C16H17N3O. The van der Waals surface area contributed by atoms with Gasteiger partial charge in [0.1, 0.15) is 11.8 Å². The van der Waals surface area contributed by atoms with Gasteiger partial charge in [-0.2, -0.15) is 5.26 Å². The van der Waals surface area contributed by atoms with Crippen LogP contribution in [-0.4, -0.2) is 10.5 Å². The highest BCUT2D eigenvalue weighted by Gasteiger charge is 2.11. The van der Waals surface area contributed by atoms with Crippen LogP contribution in [0.2, 0.25) is 0 Å². The molecule has 4 nitrogen and oxygen atoms in total. The summed E-state index contributed by atoms with van der Waals surface area (Å²) in [6.45, 7) is 4.00. The number of pyridine rings is 1. The van der Waals surface area contributed by atoms with E-state index in [1.165, 1.54) is 6.20 Å². The lowest BCUT2D eigenvalue weighted by molar-refractivity contribution is 0.462. The minimum atomic E-state index is -0.225. The van der Waals surface area contributed by atoms with Crippen molar-refractivity contribution >= 4 is 0 Å². The molecule has 0 unspecified atom stereocenters. The molecule has 1 heterocycles. The Hall–Kier alpha value is -2.38. The summed E-state index contributed by atoms with van der Waals surface area (Å²) in [5.41, 5.74) is 7.44. The van der Waals surface area contributed by atoms with Crippen LogP contribution in [0.1, 0.15) is 25.0 Å². The normalized spacial score (nSPS) is 10.9. The molecule has 1 aromatic heterocycles. The van der Waals surface area contributed by atoms with Gasteiger partial charge in [0.25, 0.3) is 0 Å². The molecule has 20 heavy (non-hydrogen) atoms. The molecular weight excluding hydrogens is 250 g/mol. The SMILES string of the molecule is CC(C)(N)Cc1ccc(Oc2ccc(C#N)cn2)cc1. The molecule has 2 rings (SSSR count). The summed E-state index contributed by atoms with van der Waals surface area (Å²) in [7, 11) is 0. The molecule has 2 aromatic rings. The van der Waals surface area contributed by atoms with Crippen molar-refractivity contribution in [1.82, 2.24) is 4.98 Å². The summed E-state index contributed by atoms with van der Waals surface area (Å²) in [5, 5.41) is 8.70. The number of rotatable bonds is 4. The number of nitrogens with zero attached hydrogens (tertiary/aromatic N) is 2. The van der Waals surface area contributed by atoms with Crippen molar-refractivity contribution in [1.29, 1.82) is 5.26 Å². The minimum absolute atomic E-state index is 0.225. The average molecular weight is 267 g/mol. The second kappa shape index (κ2) is 5.72. The Morgan fingerprint density at radius 2 is 1.90 bits per heavy atom. The minimum Gasteiger partial charge on any atom is -0.439 e. The van der Waals surface area contributed by atoms with E-state index in [4.69, 9.17) is 15.7 Å². The van der Waals surface area contributed by atoms with Gasteiger partial charge in [-0.05, 0) is 44.0 Å². The zero-order valence-corrected chi connectivity index (χ0v) is 11.6. The molecule has 0 amide bonds. The first kappa shape index (κ1) is 14.0. The Bertz CT molecular complexity index is 604. The van der Waals surface area contributed by atoms with Crippen molar-refractivity contribution < 1.29 is 4.74 Å². The highest BCUT2D eigenvalue weighted by Crippen LogP contribution is 2.21. The summed E-state index contributed by atoms with van der Waals surface area (Å²) < 4.78 is 5.61. The highest BCUT2D eigenvalue weighted by atomic mass is 16.5. The van der Waals surface area contributed by atoms with Crippen LogP contribution in [0.15, 0.2) is 42.6 Å². The van der Waals surface area contributed by atoms with E-state index in [-0.39, 0.29) is 5.54 Å². The van der Waals surface area contributed by atoms with Crippen LogP contribution in [-0.2, 0) is 6.42 Å². The van der Waals surface area contributed by atoms with Gasteiger partial charge in [-0.3, -0.25) is 0 Å². The van der Waals surface area contributed by atoms with E-state index in [1.54, 1.807) is 12.1 Å². The summed E-state index contributed by atoms with van der Waals surface area (Å²) in [6, 6.07) is 13.1. The first-order valence-corrected chi connectivity index (χ1v) is 6.38. The zero-order chi connectivity index (χ0) is 14.6. The maximum absolute atomic E-state index is 8.70. The second-order valence-corrected chi connectivity index (χ2v) is 5.41. The summed E-state index contributed by atoms with van der Waals surface area (Å²) >= 11 is 0. The van der Waals surface area contributed by atoms with Gasteiger partial charge in [0.15, 0.2) is 0 Å². The topological polar surface area (TPSA) is 71.9 Å². The summed E-state index contributed by atoms with van der Waals surface area (Å²) in [4.78, 5) is 4.06. The fourth-order valence-corrected chi connectivity index (χ4v) is 1.83. The van der Waals surface area contributed by atoms with E-state index >= 15 is 0 Å². The molecule has 4 heteroatoms. The highest BCUT2D eigenvalue weighted by molar-refractivity contribution is 5.33. The first-order chi connectivity index (χ1) is 9.46. The number of hydrogen-bond acceptors (Lipinski definition) is 4. The third-order valence-electron chi connectivity index (χ3n) is 2.67. The van der Waals surface area contributed by atoms with Crippen molar-refractivity contribution in [3.8, 4) is 17.7 Å². The van der Waals surface area contributed by atoms with Crippen molar-refractivity contribution in [2.75, 3.05) is 0 Å². The van der Waals surface area contributed by atoms with Crippen LogP contribution in [0.4, 0.5) is 0 Å². The zero-order valence-electron chi connectivity index (χ0n) is 11.6. The van der Waals surface area contributed by atoms with Crippen LogP contribution in [0.3, 0.4) is 0 Å². The number of aromatic nitrogens is 1. The molecule has 0 aliphatic rings. The molecule has 0 saturated carbocycles. The van der Waals surface area contributed by atoms with E-state index in [9.17, 15) is 0 Å². The Kier molecular flexibility index (Phi) is 4.02. The van der Waals surface area contributed by atoms with Gasteiger partial charge >= 0.3 is 0 Å². The summed E-state index contributed by atoms with van der Waals surface area (Å²) in [6.07, 6.45) is 2.29. The van der Waals surface area contributed by atoms with Crippen molar-refractivity contribution in [3.63, 3.8) is 0 Å². The van der Waals surface area contributed by atoms with Crippen LogP contribution in [0.25, 0.3) is 0 Å². The lowest BCUT2D eigenvalue weighted by atomic mass is 9.96. The molecule has 0 atom stereocenters. The van der Waals surface area contributed by atoms with E-state index in [0.717, 1.165) is 12.0 Å². The smallest absolute Gasteiger partial charge is 0.219 e. The van der Waals surface area contributed by atoms with E-state index in [0.29, 0.717) is 17.2 Å². The Morgan fingerprint density at radius 1 is 1.20 bits per heavy atom. The Balaban J connectivity index is 2.05. The van der Waals surface area contributed by atoms with Crippen LogP contribution >= 0.6 is 0 Å². The summed E-state index contributed by atoms with van der Waals surface area (Å²) in [5.74, 6) is 1.18. The number of benzene rings is 1. The monoisotopic (exact) mass is 267 g/mol. The Labute approximate surface area is 118 Å². The van der Waals surface area contributed by atoms with Crippen LogP contribution < -0.4 is 10.5 Å². The quantitative estimate of drug-likeness (QED) is 0.924. The largest absolute Gasteiger partial charge is 0.439 e. The fraction of sp³-hybridized carbons (Fsp3) is 0.250. The molecule has 102 valence electrons. The van der Waals surface area contributed by atoms with Crippen molar-refractivity contribution in [3.05, 3.63) is 53.7 Å². The lowest BCUT2D eigenvalue weighted by Crippen LogP contribution is -2.34. The molecule has 1 aromatic carbocycles. The maximum Gasteiger partial charge on any atom is 0.219 e. The number of nitrogens with two attached hydrogens (primary N) is 1. The predicted molar refractivity (Wildman–Crippen MR) is 77.4 cm³/mol. The van der Waals surface area contributed by atoms with E-state index in [1.807, 2.05) is 44.2 Å². The van der Waals surface area contributed by atoms with Gasteiger partial charge < -0.3 is 10.5 Å². The van der Waals surface area contributed by atoms with Gasteiger partial charge in [-0.15, -0.1) is 0 Å². The van der Waals surface area contributed by atoms with E-state index in [2.05, 4.69) is 4.98 Å². The third kappa shape index (κ3) is 4.08. The maximum atomic E-state index is 8.70. The first-order valence-electron chi connectivity index (χ1n) is 6.38. The number of ether oxygens (including phenoxy) is 1. The van der Waals surface area contributed by atoms with Crippen LogP contribution in [0, 0.1) is 11.3 Å². The van der Waals surface area contributed by atoms with Crippen molar-refractivity contribution in [2.24, 2.45) is 5.73 Å². The molecule has 2 N–H and O–H groups in total. The molecule has 0 aliphatic heterocycles. The molecule has 0 spiro atoms. The van der Waals surface area contributed by atoms with Gasteiger partial charge in [0, 0.05) is 17.8 Å². The van der Waals surface area contributed by atoms with Gasteiger partial charge in [0.2, 0.25) is 5.88 Å². The van der Waals surface area contributed by atoms with Crippen molar-refractivity contribution in [2.45, 2.75) is 25.8 Å². The molecule has 0 bridgehead atoms. The molecule has 0 aliphatic carbocycles. The fourth-order valence-electron chi connectivity index (χ4n) is 1.83. The van der Waals surface area contributed by atoms with Gasteiger partial charge in [-0.25, -0.2) is 4.98 Å². The number of nitriles is 1. The average Bonchev–Trinajstić information content (AvgIpc) is 2.40.